The number of H-pyrrole nitrogens is 2. The number of benzene rings is 1. The van der Waals surface area contributed by atoms with Gasteiger partial charge in [-0.2, -0.15) is 10.2 Å². The molecule has 1 amide bonds. The second-order valence-electron chi connectivity index (χ2n) is 4.45. The van der Waals surface area contributed by atoms with Gasteiger partial charge in [-0.25, -0.2) is 15.3 Å². The lowest BCUT2D eigenvalue weighted by molar-refractivity contribution is -0.118. The molecule has 0 fully saturated rings. The Morgan fingerprint density at radius 2 is 2.28 bits per heavy atom. The average Bonchev–Trinajstić information content (AvgIpc) is 2.57. The number of amides is 1. The Kier molecular flexibility index (Phi) is 6.36. The molecule has 2 rings (SSSR count). The molecule has 0 aliphatic carbocycles. The molecule has 1 aromatic heterocycles. The molecule has 0 saturated carbocycles. The van der Waals surface area contributed by atoms with Crippen LogP contribution in [0.2, 0.25) is 0 Å². The van der Waals surface area contributed by atoms with E-state index in [9.17, 15) is 19.5 Å². The molecule has 25 heavy (non-hydrogen) atoms. The van der Waals surface area contributed by atoms with Crippen LogP contribution in [-0.4, -0.2) is 45.3 Å². The number of phenolic OH excluding ortho intramolecular Hbond substituents is 1. The molecule has 0 aliphatic rings. The van der Waals surface area contributed by atoms with Gasteiger partial charge in [-0.3, -0.25) is 14.6 Å². The van der Waals surface area contributed by atoms with Crippen LogP contribution in [0, 0.1) is 0 Å². The molecule has 4 N–H and O–H groups in total. The summed E-state index contributed by atoms with van der Waals surface area (Å²) in [6.07, 6.45) is 1.36. The first-order chi connectivity index (χ1) is 11.9. The number of nitrogens with one attached hydrogen (secondary N) is 3. The Labute approximate surface area is 152 Å². The van der Waals surface area contributed by atoms with Gasteiger partial charge in [0.25, 0.3) is 5.56 Å². The molecule has 10 nitrogen and oxygen atoms in total. The van der Waals surface area contributed by atoms with Crippen LogP contribution in [0.4, 0.5) is 0 Å². The third-order valence-corrected chi connectivity index (χ3v) is 4.25. The minimum atomic E-state index is -0.723. The number of nitrogens with zero attached hydrogens (tertiary/aromatic N) is 2. The number of phenols is 1. The summed E-state index contributed by atoms with van der Waals surface area (Å²) in [5.74, 6) is -0.388. The van der Waals surface area contributed by atoms with Gasteiger partial charge in [-0.05, 0) is 33.6 Å². The number of thioether (sulfide) groups is 1. The fraction of sp³-hybridized carbons (Fsp3) is 0.154. The highest BCUT2D eigenvalue weighted by molar-refractivity contribution is 9.10. The SMILES string of the molecule is COc1cc(/C=N/NC(=O)CSc2n[nH]c(=O)[nH]c2=O)cc(Br)c1O. The molecule has 0 radical (unpaired) electrons. The predicted octanol–water partition coefficient (Wildman–Crippen LogP) is 0.177. The highest BCUT2D eigenvalue weighted by atomic mass is 79.9. The molecule has 0 unspecified atom stereocenters. The van der Waals surface area contributed by atoms with Crippen LogP contribution >= 0.6 is 27.7 Å². The van der Waals surface area contributed by atoms with E-state index in [0.29, 0.717) is 10.0 Å². The van der Waals surface area contributed by atoms with Gasteiger partial charge in [0, 0.05) is 0 Å². The molecular formula is C13H12BrN5O5S. The monoisotopic (exact) mass is 429 g/mol. The maximum absolute atomic E-state index is 11.7. The molecule has 0 bridgehead atoms. The van der Waals surface area contributed by atoms with E-state index in [1.54, 1.807) is 6.07 Å². The van der Waals surface area contributed by atoms with Crippen molar-refractivity contribution >= 4 is 39.8 Å². The normalized spacial score (nSPS) is 10.8. The van der Waals surface area contributed by atoms with Gasteiger partial charge in [0.05, 0.1) is 23.5 Å². The standard InChI is InChI=1S/C13H12BrN5O5S/c1-24-8-3-6(2-7(14)10(8)21)4-15-17-9(20)5-25-12-11(22)16-13(23)19-18-12/h2-4,21H,5H2,1H3,(H,17,20)(H2,16,19,22,23)/b15-4+. The van der Waals surface area contributed by atoms with E-state index in [4.69, 9.17) is 4.74 Å². The molecule has 2 aromatic rings. The molecule has 0 atom stereocenters. The third-order valence-electron chi connectivity index (χ3n) is 2.69. The maximum Gasteiger partial charge on any atom is 0.342 e. The smallest absolute Gasteiger partial charge is 0.342 e. The predicted molar refractivity (Wildman–Crippen MR) is 94.3 cm³/mol. The van der Waals surface area contributed by atoms with E-state index in [2.05, 4.69) is 36.7 Å². The van der Waals surface area contributed by atoms with Crippen LogP contribution < -0.4 is 21.4 Å². The average molecular weight is 430 g/mol. The van der Waals surface area contributed by atoms with Gasteiger partial charge >= 0.3 is 5.69 Å². The summed E-state index contributed by atoms with van der Waals surface area (Å²) < 4.78 is 5.42. The Morgan fingerprint density at radius 3 is 2.96 bits per heavy atom. The number of hydrogen-bond donors (Lipinski definition) is 4. The number of aromatic hydroxyl groups is 1. The summed E-state index contributed by atoms with van der Waals surface area (Å²) in [4.78, 5) is 35.9. The number of hydrogen-bond acceptors (Lipinski definition) is 8. The van der Waals surface area contributed by atoms with Crippen LogP contribution in [0.1, 0.15) is 5.56 Å². The van der Waals surface area contributed by atoms with Gasteiger partial charge in [0.2, 0.25) is 5.91 Å². The summed E-state index contributed by atoms with van der Waals surface area (Å²) in [6.45, 7) is 0. The first-order valence-corrected chi connectivity index (χ1v) is 8.38. The zero-order valence-corrected chi connectivity index (χ0v) is 15.1. The first-order valence-electron chi connectivity index (χ1n) is 6.61. The minimum Gasteiger partial charge on any atom is -0.503 e. The number of rotatable bonds is 6. The fourth-order valence-corrected chi connectivity index (χ4v) is 2.69. The summed E-state index contributed by atoms with van der Waals surface area (Å²) in [6, 6.07) is 3.13. The van der Waals surface area contributed by atoms with E-state index >= 15 is 0 Å². The molecule has 132 valence electrons. The Balaban J connectivity index is 1.93. The summed E-state index contributed by atoms with van der Waals surface area (Å²) in [7, 11) is 1.41. The second-order valence-corrected chi connectivity index (χ2v) is 6.27. The van der Waals surface area contributed by atoms with E-state index in [-0.39, 0.29) is 22.3 Å². The third kappa shape index (κ3) is 5.19. The van der Waals surface area contributed by atoms with Gasteiger partial charge in [0.15, 0.2) is 16.5 Å². The molecular weight excluding hydrogens is 418 g/mol. The van der Waals surface area contributed by atoms with Crippen molar-refractivity contribution in [1.29, 1.82) is 0 Å². The fourth-order valence-electron chi connectivity index (χ4n) is 1.60. The van der Waals surface area contributed by atoms with Gasteiger partial charge < -0.3 is 9.84 Å². The van der Waals surface area contributed by atoms with E-state index in [1.807, 2.05) is 4.98 Å². The lowest BCUT2D eigenvalue weighted by atomic mass is 10.2. The van der Waals surface area contributed by atoms with Crippen molar-refractivity contribution < 1.29 is 14.6 Å². The Morgan fingerprint density at radius 1 is 1.52 bits per heavy atom. The number of aromatic nitrogens is 3. The van der Waals surface area contributed by atoms with Crippen molar-refractivity contribution in [2.45, 2.75) is 5.03 Å². The van der Waals surface area contributed by atoms with E-state index in [0.717, 1.165) is 11.8 Å². The van der Waals surface area contributed by atoms with Crippen LogP contribution in [0.25, 0.3) is 0 Å². The number of carbonyl (C=O) groups excluding carboxylic acids is 1. The van der Waals surface area contributed by atoms with Gasteiger partial charge in [0.1, 0.15) is 0 Å². The van der Waals surface area contributed by atoms with Crippen molar-refractivity contribution in [2.24, 2.45) is 5.10 Å². The maximum atomic E-state index is 11.7. The number of carbonyl (C=O) groups is 1. The lowest BCUT2D eigenvalue weighted by Gasteiger charge is -2.06. The Hall–Kier alpha value is -2.60. The van der Waals surface area contributed by atoms with Crippen molar-refractivity contribution in [2.75, 3.05) is 12.9 Å². The van der Waals surface area contributed by atoms with Crippen LogP contribution in [0.15, 0.2) is 36.3 Å². The molecule has 0 aliphatic heterocycles. The van der Waals surface area contributed by atoms with Crippen molar-refractivity contribution in [3.63, 3.8) is 0 Å². The number of hydrazone groups is 1. The van der Waals surface area contributed by atoms with Crippen molar-refractivity contribution in [3.05, 3.63) is 43.0 Å². The zero-order chi connectivity index (χ0) is 18.4. The molecule has 12 heteroatoms. The quantitative estimate of drug-likeness (QED) is 0.290. The summed E-state index contributed by atoms with van der Waals surface area (Å²) in [5, 5.41) is 19.1. The summed E-state index contributed by atoms with van der Waals surface area (Å²) in [5.41, 5.74) is 1.46. The molecule has 1 heterocycles. The van der Waals surface area contributed by atoms with Crippen molar-refractivity contribution in [3.8, 4) is 11.5 Å². The molecule has 0 saturated heterocycles. The van der Waals surface area contributed by atoms with Gasteiger partial charge in [-0.15, -0.1) is 0 Å². The molecule has 1 aromatic carbocycles. The van der Waals surface area contributed by atoms with Crippen LogP contribution in [-0.2, 0) is 4.79 Å². The largest absolute Gasteiger partial charge is 0.503 e. The first kappa shape index (κ1) is 18.7. The number of ether oxygens (including phenoxy) is 1. The second kappa shape index (κ2) is 8.48. The van der Waals surface area contributed by atoms with Gasteiger partial charge in [-0.1, -0.05) is 11.8 Å². The van der Waals surface area contributed by atoms with E-state index < -0.39 is 17.2 Å². The van der Waals surface area contributed by atoms with Crippen molar-refractivity contribution in [1.82, 2.24) is 20.6 Å². The number of aromatic amines is 2. The lowest BCUT2D eigenvalue weighted by Crippen LogP contribution is -2.26. The van der Waals surface area contributed by atoms with Crippen LogP contribution in [0.5, 0.6) is 11.5 Å². The van der Waals surface area contributed by atoms with Crippen LogP contribution in [0.3, 0.4) is 0 Å². The zero-order valence-electron chi connectivity index (χ0n) is 12.7. The summed E-state index contributed by atoms with van der Waals surface area (Å²) >= 11 is 4.02. The topological polar surface area (TPSA) is 150 Å². The molecule has 0 spiro atoms. The van der Waals surface area contributed by atoms with E-state index in [1.165, 1.54) is 19.4 Å². The highest BCUT2D eigenvalue weighted by Crippen LogP contribution is 2.34. The Bertz CT molecular complexity index is 926. The number of halogens is 1. The number of methoxy groups -OCH3 is 1. The highest BCUT2D eigenvalue weighted by Gasteiger charge is 2.09. The minimum absolute atomic E-state index is 0.0362.